The molecule has 2 aromatic rings. The molecule has 0 amide bonds. The molecule has 2 atom stereocenters. The summed E-state index contributed by atoms with van der Waals surface area (Å²) in [6.07, 6.45) is 2.11. The van der Waals surface area contributed by atoms with E-state index in [2.05, 4.69) is 39.9 Å². The van der Waals surface area contributed by atoms with Gasteiger partial charge in [-0.05, 0) is 60.4 Å². The molecule has 1 saturated heterocycles. The van der Waals surface area contributed by atoms with Crippen LogP contribution in [-0.2, 0) is 16.3 Å². The lowest BCUT2D eigenvalue weighted by atomic mass is 9.99. The van der Waals surface area contributed by atoms with Crippen LogP contribution in [-0.4, -0.2) is 45.8 Å². The molecule has 0 N–H and O–H groups in total. The second kappa shape index (κ2) is 9.29. The molecule has 1 aliphatic rings. The minimum absolute atomic E-state index is 0.303. The van der Waals surface area contributed by atoms with Gasteiger partial charge in [0.05, 0.1) is 23.1 Å². The smallest absolute Gasteiger partial charge is 0.175 e. The first-order valence-corrected chi connectivity index (χ1v) is 12.3. The van der Waals surface area contributed by atoms with Gasteiger partial charge >= 0.3 is 0 Å². The number of hydrogen-bond donors (Lipinski definition) is 0. The average molecular weight is 477 g/mol. The normalized spacial score (nSPS) is 19.8. The molecule has 0 radical (unpaired) electrons. The minimum atomic E-state index is -3.19. The van der Waals surface area contributed by atoms with E-state index in [0.717, 1.165) is 36.1 Å². The third kappa shape index (κ3) is 6.05. The summed E-state index contributed by atoms with van der Waals surface area (Å²) in [7, 11) is -3.19. The third-order valence-corrected chi connectivity index (χ3v) is 6.95. The molecule has 0 aliphatic carbocycles. The first-order valence-electron chi connectivity index (χ1n) is 9.59. The standard InChI is InChI=1S/C22H25BrN2O3S/c1-16-13-25(8-7-17-9-18(12-24)11-20(23)10-17)14-19(16)15-28-21-3-5-22(6-4-21)29(2,26)27/h3-6,9-11,16,19H,7-8,13-15H2,1-2H3/t16-,19+/m1/s1. The fraction of sp³-hybridized carbons (Fsp3) is 0.409. The number of sulfone groups is 1. The molecule has 3 rings (SSSR count). The van der Waals surface area contributed by atoms with Crippen LogP contribution in [0.3, 0.4) is 0 Å². The van der Waals surface area contributed by atoms with Crippen molar-refractivity contribution < 1.29 is 13.2 Å². The van der Waals surface area contributed by atoms with Gasteiger partial charge in [-0.15, -0.1) is 0 Å². The maximum Gasteiger partial charge on any atom is 0.175 e. The zero-order valence-corrected chi connectivity index (χ0v) is 19.0. The number of rotatable bonds is 7. The van der Waals surface area contributed by atoms with Gasteiger partial charge in [0.2, 0.25) is 0 Å². The van der Waals surface area contributed by atoms with Crippen molar-refractivity contribution in [2.24, 2.45) is 11.8 Å². The molecule has 154 valence electrons. The van der Waals surface area contributed by atoms with E-state index in [0.29, 0.717) is 34.7 Å². The summed E-state index contributed by atoms with van der Waals surface area (Å²) >= 11 is 3.47. The van der Waals surface area contributed by atoms with Crippen LogP contribution in [0.15, 0.2) is 51.8 Å². The summed E-state index contributed by atoms with van der Waals surface area (Å²) in [6.45, 7) is 5.81. The van der Waals surface area contributed by atoms with Crippen molar-refractivity contribution in [3.8, 4) is 11.8 Å². The second-order valence-corrected chi connectivity index (χ2v) is 10.7. The van der Waals surface area contributed by atoms with Gasteiger partial charge < -0.3 is 9.64 Å². The van der Waals surface area contributed by atoms with Gasteiger partial charge in [-0.2, -0.15) is 5.26 Å². The fourth-order valence-electron chi connectivity index (χ4n) is 3.67. The van der Waals surface area contributed by atoms with Gasteiger partial charge in [-0.1, -0.05) is 22.9 Å². The number of halogens is 1. The Morgan fingerprint density at radius 3 is 2.59 bits per heavy atom. The van der Waals surface area contributed by atoms with Gasteiger partial charge in [0.15, 0.2) is 9.84 Å². The Morgan fingerprint density at radius 1 is 1.21 bits per heavy atom. The second-order valence-electron chi connectivity index (χ2n) is 7.76. The first-order chi connectivity index (χ1) is 13.7. The van der Waals surface area contributed by atoms with Crippen molar-refractivity contribution in [2.45, 2.75) is 18.2 Å². The predicted molar refractivity (Wildman–Crippen MR) is 117 cm³/mol. The van der Waals surface area contributed by atoms with E-state index >= 15 is 0 Å². The van der Waals surface area contributed by atoms with Gasteiger partial charge in [0.1, 0.15) is 5.75 Å². The van der Waals surface area contributed by atoms with E-state index in [4.69, 9.17) is 10.00 Å². The van der Waals surface area contributed by atoms with Crippen molar-refractivity contribution in [3.05, 3.63) is 58.1 Å². The highest BCUT2D eigenvalue weighted by Gasteiger charge is 2.29. The molecule has 0 unspecified atom stereocenters. The Bertz CT molecular complexity index is 1000. The minimum Gasteiger partial charge on any atom is -0.493 e. The maximum atomic E-state index is 11.5. The molecule has 0 aromatic heterocycles. The zero-order chi connectivity index (χ0) is 21.0. The maximum absolute atomic E-state index is 11.5. The van der Waals surface area contributed by atoms with Crippen LogP contribution in [0.25, 0.3) is 0 Å². The lowest BCUT2D eigenvalue weighted by Gasteiger charge is -2.17. The van der Waals surface area contributed by atoms with Crippen molar-refractivity contribution >= 4 is 25.8 Å². The molecule has 2 aromatic carbocycles. The quantitative estimate of drug-likeness (QED) is 0.605. The molecule has 1 aliphatic heterocycles. The molecule has 1 heterocycles. The van der Waals surface area contributed by atoms with E-state index in [-0.39, 0.29) is 0 Å². The highest BCUT2D eigenvalue weighted by atomic mass is 79.9. The number of ether oxygens (including phenoxy) is 1. The summed E-state index contributed by atoms with van der Waals surface area (Å²) in [4.78, 5) is 2.75. The SMILES string of the molecule is C[C@@H]1CN(CCc2cc(Br)cc(C#N)c2)C[C@H]1COc1ccc(S(C)(=O)=O)cc1. The van der Waals surface area contributed by atoms with E-state index in [1.54, 1.807) is 24.3 Å². The van der Waals surface area contributed by atoms with E-state index < -0.39 is 9.84 Å². The van der Waals surface area contributed by atoms with Gasteiger partial charge in [-0.25, -0.2) is 8.42 Å². The Hall–Kier alpha value is -1.88. The van der Waals surface area contributed by atoms with Crippen LogP contribution in [0.5, 0.6) is 5.75 Å². The highest BCUT2D eigenvalue weighted by molar-refractivity contribution is 9.10. The van der Waals surface area contributed by atoms with E-state index in [1.165, 1.54) is 6.26 Å². The van der Waals surface area contributed by atoms with Gasteiger partial charge in [0, 0.05) is 36.3 Å². The average Bonchev–Trinajstić information content (AvgIpc) is 3.03. The zero-order valence-electron chi connectivity index (χ0n) is 16.6. The van der Waals surface area contributed by atoms with Crippen LogP contribution in [0.1, 0.15) is 18.1 Å². The molecule has 7 heteroatoms. The Kier molecular flexibility index (Phi) is 6.99. The summed E-state index contributed by atoms with van der Waals surface area (Å²) in [5.74, 6) is 1.66. The van der Waals surface area contributed by atoms with Crippen molar-refractivity contribution in [3.63, 3.8) is 0 Å². The third-order valence-electron chi connectivity index (χ3n) is 5.36. The van der Waals surface area contributed by atoms with Crippen LogP contribution >= 0.6 is 15.9 Å². The van der Waals surface area contributed by atoms with Gasteiger partial charge in [0.25, 0.3) is 0 Å². The lowest BCUT2D eigenvalue weighted by molar-refractivity contribution is 0.225. The topological polar surface area (TPSA) is 70.4 Å². The monoisotopic (exact) mass is 476 g/mol. The Balaban J connectivity index is 1.51. The lowest BCUT2D eigenvalue weighted by Crippen LogP contribution is -2.24. The van der Waals surface area contributed by atoms with E-state index in [1.807, 2.05) is 12.1 Å². The van der Waals surface area contributed by atoms with Crippen molar-refractivity contribution in [2.75, 3.05) is 32.5 Å². The van der Waals surface area contributed by atoms with Crippen LogP contribution in [0.4, 0.5) is 0 Å². The summed E-state index contributed by atoms with van der Waals surface area (Å²) in [5, 5.41) is 9.12. The first kappa shape index (κ1) is 21.8. The Morgan fingerprint density at radius 2 is 1.93 bits per heavy atom. The molecule has 0 spiro atoms. The summed E-state index contributed by atoms with van der Waals surface area (Å²) in [5.41, 5.74) is 1.84. The summed E-state index contributed by atoms with van der Waals surface area (Å²) in [6, 6.07) is 14.7. The largest absolute Gasteiger partial charge is 0.493 e. The van der Waals surface area contributed by atoms with Crippen LogP contribution < -0.4 is 4.74 Å². The molecule has 0 bridgehead atoms. The molecular formula is C22H25BrN2O3S. The van der Waals surface area contributed by atoms with Gasteiger partial charge in [-0.3, -0.25) is 0 Å². The van der Waals surface area contributed by atoms with E-state index in [9.17, 15) is 8.42 Å². The number of likely N-dealkylation sites (tertiary alicyclic amines) is 1. The van der Waals surface area contributed by atoms with Crippen LogP contribution in [0.2, 0.25) is 0 Å². The fourth-order valence-corrected chi connectivity index (χ4v) is 4.85. The van der Waals surface area contributed by atoms with Crippen LogP contribution in [0, 0.1) is 23.2 Å². The number of benzene rings is 2. The molecular weight excluding hydrogens is 452 g/mol. The molecule has 5 nitrogen and oxygen atoms in total. The van der Waals surface area contributed by atoms with Crippen molar-refractivity contribution in [1.82, 2.24) is 4.90 Å². The number of nitriles is 1. The van der Waals surface area contributed by atoms with Crippen molar-refractivity contribution in [1.29, 1.82) is 5.26 Å². The molecule has 0 saturated carbocycles. The number of nitrogens with zero attached hydrogens (tertiary/aromatic N) is 2. The highest BCUT2D eigenvalue weighted by Crippen LogP contribution is 2.25. The molecule has 29 heavy (non-hydrogen) atoms. The Labute approximate surface area is 181 Å². The predicted octanol–water partition coefficient (Wildman–Crippen LogP) is 3.91. The summed E-state index contributed by atoms with van der Waals surface area (Å²) < 4.78 is 29.9. The molecule has 1 fully saturated rings. The number of hydrogen-bond acceptors (Lipinski definition) is 5.